The minimum atomic E-state index is -0.415. The molecule has 0 saturated carbocycles. The summed E-state index contributed by atoms with van der Waals surface area (Å²) < 4.78 is 0. The quantitative estimate of drug-likeness (QED) is 0.802. The van der Waals surface area contributed by atoms with Crippen LogP contribution in [0.5, 0.6) is 0 Å². The summed E-state index contributed by atoms with van der Waals surface area (Å²) in [6.07, 6.45) is 1.89. The maximum Gasteiger partial charge on any atom is 0.243 e. The minimum Gasteiger partial charge on any atom is -0.352 e. The molecule has 1 aromatic rings. The highest BCUT2D eigenvalue weighted by Gasteiger charge is 2.28. The van der Waals surface area contributed by atoms with Crippen LogP contribution in [0.4, 0.5) is 0 Å². The molecule has 22 heavy (non-hydrogen) atoms. The minimum absolute atomic E-state index is 0.00926. The summed E-state index contributed by atoms with van der Waals surface area (Å²) in [4.78, 5) is 26.5. The molecule has 0 radical (unpaired) electrons. The van der Waals surface area contributed by atoms with Crippen molar-refractivity contribution in [1.29, 1.82) is 0 Å². The zero-order valence-corrected chi connectivity index (χ0v) is 14.1. The molecule has 0 spiro atoms. The van der Waals surface area contributed by atoms with Crippen LogP contribution in [0.2, 0.25) is 0 Å². The second kappa shape index (κ2) is 9.23. The fraction of sp³-hybridized carbons (Fsp3) is 0.556. The Bertz CT molecular complexity index is 473. The zero-order valence-electron chi connectivity index (χ0n) is 14.1. The van der Waals surface area contributed by atoms with Gasteiger partial charge in [0, 0.05) is 19.0 Å². The van der Waals surface area contributed by atoms with Gasteiger partial charge in [-0.15, -0.1) is 0 Å². The van der Waals surface area contributed by atoms with Gasteiger partial charge >= 0.3 is 0 Å². The van der Waals surface area contributed by atoms with E-state index in [2.05, 4.69) is 5.32 Å². The fourth-order valence-corrected chi connectivity index (χ4v) is 2.34. The van der Waals surface area contributed by atoms with Crippen LogP contribution in [-0.4, -0.2) is 28.8 Å². The molecule has 122 valence electrons. The van der Waals surface area contributed by atoms with Crippen LogP contribution < -0.4 is 5.32 Å². The zero-order chi connectivity index (χ0) is 16.5. The molecule has 1 N–H and O–H groups in total. The molecular formula is C18H28N2O2. The molecule has 0 bridgehead atoms. The number of hydrogen-bond donors (Lipinski definition) is 1. The third kappa shape index (κ3) is 5.17. The van der Waals surface area contributed by atoms with Gasteiger partial charge in [0.2, 0.25) is 11.8 Å². The van der Waals surface area contributed by atoms with Crippen molar-refractivity contribution in [2.24, 2.45) is 0 Å². The fourth-order valence-electron chi connectivity index (χ4n) is 2.34. The van der Waals surface area contributed by atoms with E-state index in [0.29, 0.717) is 19.4 Å². The predicted molar refractivity (Wildman–Crippen MR) is 89.3 cm³/mol. The van der Waals surface area contributed by atoms with E-state index in [1.165, 1.54) is 0 Å². The number of nitrogens with zero attached hydrogens (tertiary/aromatic N) is 1. The lowest BCUT2D eigenvalue weighted by atomic mass is 10.1. The molecule has 2 atom stereocenters. The molecule has 4 nitrogen and oxygen atoms in total. The van der Waals surface area contributed by atoms with E-state index in [-0.39, 0.29) is 17.9 Å². The molecule has 0 aliphatic rings. The van der Waals surface area contributed by atoms with Crippen molar-refractivity contribution < 1.29 is 9.59 Å². The maximum absolute atomic E-state index is 12.5. The summed E-state index contributed by atoms with van der Waals surface area (Å²) >= 11 is 0. The SMILES string of the molecule is CCC(=O)N(Cc1ccccc1)[C@H](CC)C(=O)N[C@@H](C)CC. The highest BCUT2D eigenvalue weighted by molar-refractivity contribution is 5.87. The maximum atomic E-state index is 12.5. The molecule has 1 aromatic carbocycles. The summed E-state index contributed by atoms with van der Waals surface area (Å²) in [7, 11) is 0. The van der Waals surface area contributed by atoms with Crippen molar-refractivity contribution >= 4 is 11.8 Å². The van der Waals surface area contributed by atoms with Crippen LogP contribution >= 0.6 is 0 Å². The Hall–Kier alpha value is -1.84. The first-order valence-corrected chi connectivity index (χ1v) is 8.17. The second-order valence-corrected chi connectivity index (χ2v) is 5.60. The number of nitrogens with one attached hydrogen (secondary N) is 1. The monoisotopic (exact) mass is 304 g/mol. The molecule has 1 rings (SSSR count). The molecular weight excluding hydrogens is 276 g/mol. The number of carbonyl (C=O) groups is 2. The van der Waals surface area contributed by atoms with Crippen molar-refractivity contribution in [3.05, 3.63) is 35.9 Å². The van der Waals surface area contributed by atoms with Gasteiger partial charge in [-0.25, -0.2) is 0 Å². The first kappa shape index (κ1) is 18.2. The van der Waals surface area contributed by atoms with E-state index in [1.54, 1.807) is 4.90 Å². The molecule has 0 aliphatic heterocycles. The van der Waals surface area contributed by atoms with Gasteiger partial charge in [0.05, 0.1) is 0 Å². The van der Waals surface area contributed by atoms with Crippen molar-refractivity contribution in [1.82, 2.24) is 10.2 Å². The van der Waals surface area contributed by atoms with E-state index >= 15 is 0 Å². The standard InChI is InChI=1S/C18H28N2O2/c1-5-14(4)19-18(22)16(6-2)20(17(21)7-3)13-15-11-9-8-10-12-15/h8-12,14,16H,5-7,13H2,1-4H3,(H,19,22)/t14-,16+/m0/s1. The molecule has 0 heterocycles. The Morgan fingerprint density at radius 2 is 1.73 bits per heavy atom. The Balaban J connectivity index is 2.92. The first-order chi connectivity index (χ1) is 10.5. The predicted octanol–water partition coefficient (Wildman–Crippen LogP) is 3.12. The number of amides is 2. The number of benzene rings is 1. The summed E-state index contributed by atoms with van der Waals surface area (Å²) in [6.45, 7) is 8.26. The van der Waals surface area contributed by atoms with Gasteiger partial charge in [0.15, 0.2) is 0 Å². The average Bonchev–Trinajstić information content (AvgIpc) is 2.54. The van der Waals surface area contributed by atoms with Crippen LogP contribution in [0.3, 0.4) is 0 Å². The Morgan fingerprint density at radius 3 is 2.23 bits per heavy atom. The highest BCUT2D eigenvalue weighted by atomic mass is 16.2. The van der Waals surface area contributed by atoms with Crippen molar-refractivity contribution in [3.8, 4) is 0 Å². The van der Waals surface area contributed by atoms with Crippen LogP contribution in [-0.2, 0) is 16.1 Å². The molecule has 0 unspecified atom stereocenters. The number of rotatable bonds is 8. The van der Waals surface area contributed by atoms with Crippen LogP contribution in [0.15, 0.2) is 30.3 Å². The van der Waals surface area contributed by atoms with Gasteiger partial charge in [0.25, 0.3) is 0 Å². The summed E-state index contributed by atoms with van der Waals surface area (Å²) in [5, 5.41) is 2.99. The van der Waals surface area contributed by atoms with Gasteiger partial charge in [-0.1, -0.05) is 51.1 Å². The molecule has 0 fully saturated rings. The molecule has 0 aromatic heterocycles. The summed E-state index contributed by atoms with van der Waals surface area (Å²) in [5.74, 6) is -0.0513. The van der Waals surface area contributed by atoms with Gasteiger partial charge in [-0.2, -0.15) is 0 Å². The lowest BCUT2D eigenvalue weighted by Crippen LogP contribution is -2.50. The topological polar surface area (TPSA) is 49.4 Å². The third-order valence-corrected chi connectivity index (χ3v) is 3.89. The van der Waals surface area contributed by atoms with Crippen molar-refractivity contribution in [3.63, 3.8) is 0 Å². The Morgan fingerprint density at radius 1 is 1.09 bits per heavy atom. The third-order valence-electron chi connectivity index (χ3n) is 3.89. The van der Waals surface area contributed by atoms with Crippen molar-refractivity contribution in [2.75, 3.05) is 0 Å². The first-order valence-electron chi connectivity index (χ1n) is 8.17. The summed E-state index contributed by atoms with van der Waals surface area (Å²) in [6, 6.07) is 9.51. The van der Waals surface area contributed by atoms with Gasteiger partial charge < -0.3 is 10.2 Å². The highest BCUT2D eigenvalue weighted by Crippen LogP contribution is 2.13. The Labute approximate surface area is 133 Å². The average molecular weight is 304 g/mol. The van der Waals surface area contributed by atoms with Crippen LogP contribution in [0.25, 0.3) is 0 Å². The molecule has 4 heteroatoms. The van der Waals surface area contributed by atoms with Gasteiger partial charge in [-0.05, 0) is 25.3 Å². The van der Waals surface area contributed by atoms with E-state index in [1.807, 2.05) is 58.0 Å². The largest absolute Gasteiger partial charge is 0.352 e. The molecule has 0 aliphatic carbocycles. The van der Waals surface area contributed by atoms with E-state index in [0.717, 1.165) is 12.0 Å². The van der Waals surface area contributed by atoms with Gasteiger partial charge in [-0.3, -0.25) is 9.59 Å². The summed E-state index contributed by atoms with van der Waals surface area (Å²) in [5.41, 5.74) is 1.04. The lowest BCUT2D eigenvalue weighted by Gasteiger charge is -2.31. The van der Waals surface area contributed by atoms with Crippen LogP contribution in [0.1, 0.15) is 52.5 Å². The molecule has 2 amide bonds. The number of hydrogen-bond acceptors (Lipinski definition) is 2. The molecule has 0 saturated heterocycles. The normalized spacial score (nSPS) is 13.3. The Kier molecular flexibility index (Phi) is 7.64. The van der Waals surface area contributed by atoms with E-state index in [4.69, 9.17) is 0 Å². The smallest absolute Gasteiger partial charge is 0.243 e. The van der Waals surface area contributed by atoms with E-state index in [9.17, 15) is 9.59 Å². The second-order valence-electron chi connectivity index (χ2n) is 5.60. The number of carbonyl (C=O) groups excluding carboxylic acids is 2. The van der Waals surface area contributed by atoms with Crippen LogP contribution in [0, 0.1) is 0 Å². The van der Waals surface area contributed by atoms with Crippen molar-refractivity contribution in [2.45, 2.75) is 65.6 Å². The van der Waals surface area contributed by atoms with E-state index < -0.39 is 6.04 Å². The van der Waals surface area contributed by atoms with Gasteiger partial charge in [0.1, 0.15) is 6.04 Å². The lowest BCUT2D eigenvalue weighted by molar-refractivity contribution is -0.141.